The van der Waals surface area contributed by atoms with Crippen molar-refractivity contribution in [2.24, 2.45) is 46.3 Å². The molecule has 0 bridgehead atoms. The van der Waals surface area contributed by atoms with Gasteiger partial charge in [-0.15, -0.1) is 0 Å². The first-order valence-electron chi connectivity index (χ1n) is 22.8. The summed E-state index contributed by atoms with van der Waals surface area (Å²) in [6.07, 6.45) is -8.79. The lowest BCUT2D eigenvalue weighted by molar-refractivity contribution is -0.380. The maximum absolute atomic E-state index is 11.9. The highest BCUT2D eigenvalue weighted by Gasteiger charge is 2.69. The number of hydrogen-bond donors (Lipinski definition) is 8. The second-order valence-corrected chi connectivity index (χ2v) is 20.6. The van der Waals surface area contributed by atoms with Gasteiger partial charge in [0.1, 0.15) is 61.0 Å². The molecule has 0 amide bonds. The van der Waals surface area contributed by atoms with Crippen molar-refractivity contribution in [3.8, 4) is 0 Å². The predicted octanol–water partition coefficient (Wildman–Crippen LogP) is 0.853. The number of aliphatic hydroxyl groups excluding tert-OH is 8. The van der Waals surface area contributed by atoms with Crippen molar-refractivity contribution >= 4 is 0 Å². The molecule has 9 rings (SSSR count). The van der Waals surface area contributed by atoms with Crippen molar-refractivity contribution in [3.63, 3.8) is 0 Å². The van der Waals surface area contributed by atoms with E-state index in [0.717, 1.165) is 45.1 Å². The van der Waals surface area contributed by atoms with E-state index in [1.807, 2.05) is 0 Å². The van der Waals surface area contributed by atoms with Crippen LogP contribution in [0.15, 0.2) is 11.6 Å². The van der Waals surface area contributed by atoms with E-state index in [1.165, 1.54) is 18.9 Å². The fourth-order valence-electron chi connectivity index (χ4n) is 13.8. The van der Waals surface area contributed by atoms with Crippen LogP contribution in [-0.2, 0) is 37.9 Å². The molecule has 16 nitrogen and oxygen atoms in total. The largest absolute Gasteiger partial charge is 0.394 e. The van der Waals surface area contributed by atoms with Gasteiger partial charge < -0.3 is 78.7 Å². The summed E-state index contributed by atoms with van der Waals surface area (Å²) in [4.78, 5) is 0. The van der Waals surface area contributed by atoms with Crippen molar-refractivity contribution in [2.45, 2.75) is 196 Å². The third-order valence-corrected chi connectivity index (χ3v) is 17.3. The summed E-state index contributed by atoms with van der Waals surface area (Å²) in [5.41, 5.74) is 1.54. The van der Waals surface area contributed by atoms with E-state index in [-0.39, 0.29) is 23.0 Å². The minimum atomic E-state index is -1.70. The summed E-state index contributed by atoms with van der Waals surface area (Å²) >= 11 is 0. The Balaban J connectivity index is 0.913. The molecule has 8 N–H and O–H groups in total. The van der Waals surface area contributed by atoms with Crippen LogP contribution < -0.4 is 0 Å². The SMILES string of the molecule is CC1C2C(CC3C4CC=C5C[C@@H](O[C@@H]6O[C@H](CO)[C@@H](OC7O[C@@H](CO)[C@H](O)[C@H]7O)[C@H](O)[C@H]6OC6O[C@@H](C)[C@H](O)[C@@H](O)[C@H]6O)CC[C@]5(C)C4CC[C@@]32C)O[C@]12CC[C@@H](C)CO2. The molecule has 0 aromatic carbocycles. The summed E-state index contributed by atoms with van der Waals surface area (Å²) in [6, 6.07) is 0. The summed E-state index contributed by atoms with van der Waals surface area (Å²) in [6.45, 7) is 10.7. The Morgan fingerprint density at radius 3 is 2.10 bits per heavy atom. The van der Waals surface area contributed by atoms with Crippen molar-refractivity contribution < 1.29 is 78.7 Å². The molecule has 0 aromatic heterocycles. The lowest BCUT2D eigenvalue weighted by Gasteiger charge is -2.58. The number of allylic oxidation sites excluding steroid dienone is 1. The molecular weight excluding hydrogens is 784 g/mol. The molecule has 0 radical (unpaired) electrons. The molecule has 8 fully saturated rings. The molecule has 1 spiro atoms. The normalized spacial score (nSPS) is 57.7. The zero-order valence-electron chi connectivity index (χ0n) is 35.6. The third kappa shape index (κ3) is 7.10. The summed E-state index contributed by atoms with van der Waals surface area (Å²) < 4.78 is 49.9. The van der Waals surface area contributed by atoms with Gasteiger partial charge in [0.25, 0.3) is 0 Å². The van der Waals surface area contributed by atoms with Crippen molar-refractivity contribution in [1.29, 1.82) is 0 Å². The van der Waals surface area contributed by atoms with Gasteiger partial charge in [-0.1, -0.05) is 39.3 Å². The van der Waals surface area contributed by atoms with Crippen LogP contribution in [0.1, 0.15) is 92.4 Å². The number of ether oxygens (including phenoxy) is 8. The summed E-state index contributed by atoms with van der Waals surface area (Å²) in [5, 5.41) is 84.8. The van der Waals surface area contributed by atoms with Crippen LogP contribution in [0.3, 0.4) is 0 Å². The molecule has 8 unspecified atom stereocenters. The maximum Gasteiger partial charge on any atom is 0.187 e. The van der Waals surface area contributed by atoms with E-state index in [9.17, 15) is 40.9 Å². The van der Waals surface area contributed by atoms with E-state index in [1.54, 1.807) is 0 Å². The van der Waals surface area contributed by atoms with Gasteiger partial charge in [-0.3, -0.25) is 0 Å². The monoisotopic (exact) mass is 854 g/mol. The zero-order valence-corrected chi connectivity index (χ0v) is 35.6. The first kappa shape index (κ1) is 44.3. The molecule has 3 saturated carbocycles. The average Bonchev–Trinajstić information content (AvgIpc) is 3.79. The van der Waals surface area contributed by atoms with Crippen molar-refractivity contribution in [2.75, 3.05) is 19.8 Å². The van der Waals surface area contributed by atoms with Gasteiger partial charge in [-0.25, -0.2) is 0 Å². The maximum atomic E-state index is 11.9. The molecular formula is C44H70O16. The molecule has 9 aliphatic rings. The number of fused-ring (bicyclic) bond motifs is 7. The second kappa shape index (κ2) is 16.5. The standard InChI is InChI=1S/C44H70O16/c1-19-8-13-44(53-18-19)20(2)30-27(60-44)15-26-24-7-6-22-14-23(9-11-42(22,4)25(24)10-12-43(26,30)5)55-41-38(59-39-35(51)33(49)31(47)21(3)54-39)36(52)37(29(17-46)57-41)58-40-34(50)32(48)28(16-45)56-40/h6,19-21,23-41,45-52H,7-18H2,1-5H3/t19-,20?,21+,23+,24?,25?,26?,27?,28+,29-,30?,31+,32+,33-,34-,35-,36+,37-,38-,39?,40?,41-,42+,43+,44-/m1/s1. The lowest BCUT2D eigenvalue weighted by atomic mass is 9.47. The molecule has 16 heteroatoms. The Hall–Kier alpha value is -0.900. The number of rotatable bonds is 8. The van der Waals surface area contributed by atoms with Gasteiger partial charge in [0.2, 0.25) is 0 Å². The van der Waals surface area contributed by atoms with E-state index in [0.29, 0.717) is 48.3 Å². The van der Waals surface area contributed by atoms with Crippen LogP contribution in [0.25, 0.3) is 0 Å². The Morgan fingerprint density at radius 1 is 0.700 bits per heavy atom. The molecule has 342 valence electrons. The third-order valence-electron chi connectivity index (χ3n) is 17.3. The van der Waals surface area contributed by atoms with Crippen molar-refractivity contribution in [3.05, 3.63) is 11.6 Å². The quantitative estimate of drug-likeness (QED) is 0.158. The Morgan fingerprint density at radius 2 is 1.40 bits per heavy atom. The zero-order chi connectivity index (χ0) is 42.6. The van der Waals surface area contributed by atoms with Gasteiger partial charge in [-0.05, 0) is 98.7 Å². The van der Waals surface area contributed by atoms with Crippen LogP contribution in [0.2, 0.25) is 0 Å². The van der Waals surface area contributed by atoms with E-state index < -0.39 is 105 Å². The first-order chi connectivity index (χ1) is 28.5. The molecule has 4 aliphatic carbocycles. The Labute approximate surface area is 352 Å². The molecule has 5 saturated heterocycles. The number of hydrogen-bond acceptors (Lipinski definition) is 16. The molecule has 60 heavy (non-hydrogen) atoms. The van der Waals surface area contributed by atoms with Gasteiger partial charge in [0.15, 0.2) is 24.7 Å². The van der Waals surface area contributed by atoms with Crippen LogP contribution in [0.5, 0.6) is 0 Å². The second-order valence-electron chi connectivity index (χ2n) is 20.6. The first-order valence-corrected chi connectivity index (χ1v) is 22.8. The number of aliphatic hydroxyl groups is 8. The smallest absolute Gasteiger partial charge is 0.187 e. The van der Waals surface area contributed by atoms with Crippen LogP contribution in [0, 0.1) is 46.3 Å². The highest BCUT2D eigenvalue weighted by molar-refractivity contribution is 5.26. The summed E-state index contributed by atoms with van der Waals surface area (Å²) in [7, 11) is 0. The Kier molecular flexibility index (Phi) is 12.2. The fraction of sp³-hybridized carbons (Fsp3) is 0.955. The average molecular weight is 855 g/mol. The highest BCUT2D eigenvalue weighted by atomic mass is 16.8. The molecule has 25 atom stereocenters. The summed E-state index contributed by atoms with van der Waals surface area (Å²) in [5.74, 6) is 2.65. The molecule has 0 aromatic rings. The van der Waals surface area contributed by atoms with Crippen LogP contribution >= 0.6 is 0 Å². The Bertz CT molecular complexity index is 1560. The lowest BCUT2D eigenvalue weighted by Crippen LogP contribution is -2.65. The minimum absolute atomic E-state index is 0.0141. The topological polar surface area (TPSA) is 236 Å². The van der Waals surface area contributed by atoms with E-state index >= 15 is 0 Å². The molecule has 5 heterocycles. The fourth-order valence-corrected chi connectivity index (χ4v) is 13.8. The van der Waals surface area contributed by atoms with Gasteiger partial charge >= 0.3 is 0 Å². The van der Waals surface area contributed by atoms with Crippen molar-refractivity contribution in [1.82, 2.24) is 0 Å². The van der Waals surface area contributed by atoms with Gasteiger partial charge in [-0.2, -0.15) is 0 Å². The minimum Gasteiger partial charge on any atom is -0.394 e. The van der Waals surface area contributed by atoms with Gasteiger partial charge in [0.05, 0.1) is 38.1 Å². The molecule has 5 aliphatic heterocycles. The van der Waals surface area contributed by atoms with Gasteiger partial charge in [0, 0.05) is 12.3 Å². The van der Waals surface area contributed by atoms with E-state index in [4.69, 9.17) is 37.9 Å². The highest BCUT2D eigenvalue weighted by Crippen LogP contribution is 2.70. The predicted molar refractivity (Wildman–Crippen MR) is 208 cm³/mol. The van der Waals surface area contributed by atoms with E-state index in [2.05, 4.69) is 33.8 Å². The van der Waals surface area contributed by atoms with Crippen LogP contribution in [0.4, 0.5) is 0 Å². The van der Waals surface area contributed by atoms with Crippen LogP contribution in [-0.4, -0.2) is 165 Å².